The van der Waals surface area contributed by atoms with Crippen LogP contribution < -0.4 is 29.9 Å². The van der Waals surface area contributed by atoms with Gasteiger partial charge in [0.15, 0.2) is 0 Å². The van der Waals surface area contributed by atoms with Gasteiger partial charge in [0, 0.05) is 37.0 Å². The number of methoxy groups -OCH3 is 2. The molecule has 10 nitrogen and oxygen atoms in total. The van der Waals surface area contributed by atoms with Gasteiger partial charge in [-0.2, -0.15) is 4.98 Å². The van der Waals surface area contributed by atoms with Crippen molar-refractivity contribution in [1.29, 1.82) is 0 Å². The molecular weight excluding hydrogens is 531 g/mol. The second-order valence-electron chi connectivity index (χ2n) is 9.39. The molecule has 38 heavy (non-hydrogen) atoms. The van der Waals surface area contributed by atoms with Gasteiger partial charge in [0.1, 0.15) is 27.4 Å². The molecule has 12 heteroatoms. The van der Waals surface area contributed by atoms with Crippen LogP contribution in [0.25, 0.3) is 0 Å². The van der Waals surface area contributed by atoms with Gasteiger partial charge in [-0.25, -0.2) is 9.78 Å². The number of anilines is 3. The summed E-state index contributed by atoms with van der Waals surface area (Å²) in [5, 5.41) is 6.81. The average molecular weight is 563 g/mol. The van der Waals surface area contributed by atoms with Crippen molar-refractivity contribution in [3.8, 4) is 11.5 Å². The van der Waals surface area contributed by atoms with Crippen LogP contribution >= 0.6 is 23.2 Å². The Morgan fingerprint density at radius 1 is 1.21 bits per heavy atom. The first-order valence-electron chi connectivity index (χ1n) is 12.4. The van der Waals surface area contributed by atoms with E-state index < -0.39 is 0 Å². The molecule has 2 aliphatic rings. The Kier molecular flexibility index (Phi) is 8.52. The number of hydrogen-bond acceptors (Lipinski definition) is 7. The zero-order chi connectivity index (χ0) is 27.6. The minimum Gasteiger partial charge on any atom is -0.495 e. The summed E-state index contributed by atoms with van der Waals surface area (Å²) in [5.41, 5.74) is 0.987. The Bertz CT molecular complexity index is 1210. The number of aromatic nitrogens is 2. The van der Waals surface area contributed by atoms with Gasteiger partial charge in [0.05, 0.1) is 26.5 Å². The van der Waals surface area contributed by atoms with Crippen molar-refractivity contribution in [3.63, 3.8) is 0 Å². The standard InChI is InChI=1S/C26H32Cl2N6O4/c1-6-14-8-9-16(17(10-14)30-20(35)7-2)31-25-29-12-15-13-34(26(36)33(3)24(15)32-25)23-21(27)18(37-4)11-19(38-5)22(23)28/h7,11-12,14,16-17H,2,6,8-10,13H2,1,3-5H3,(H,30,35)(H,29,31,32)/t14-,16-,17+/m1/s1. The summed E-state index contributed by atoms with van der Waals surface area (Å²) < 4.78 is 10.7. The van der Waals surface area contributed by atoms with Crippen molar-refractivity contribution in [3.05, 3.63) is 40.5 Å². The SMILES string of the molecule is C=CC(=O)N[C@H]1C[C@H](CC)CC[C@H]1Nc1ncc2c(n1)N(C)C(=O)N(c1c(Cl)c(OC)cc(OC)c1Cl)C2. The highest BCUT2D eigenvalue weighted by atomic mass is 35.5. The number of nitrogens with zero attached hydrogens (tertiary/aromatic N) is 4. The van der Waals surface area contributed by atoms with E-state index >= 15 is 0 Å². The molecule has 2 heterocycles. The van der Waals surface area contributed by atoms with Gasteiger partial charge < -0.3 is 20.1 Å². The third-order valence-corrected chi connectivity index (χ3v) is 7.92. The van der Waals surface area contributed by atoms with Crippen LogP contribution in [0.2, 0.25) is 10.0 Å². The molecule has 1 aromatic carbocycles. The first kappa shape index (κ1) is 27.8. The predicted molar refractivity (Wildman–Crippen MR) is 149 cm³/mol. The molecule has 0 unspecified atom stereocenters. The minimum absolute atomic E-state index is 0.0530. The lowest BCUT2D eigenvalue weighted by Gasteiger charge is -2.37. The van der Waals surface area contributed by atoms with E-state index in [1.165, 1.54) is 30.1 Å². The molecule has 3 atom stereocenters. The number of benzene rings is 1. The number of fused-ring (bicyclic) bond motifs is 1. The normalized spacial score (nSPS) is 21.0. The summed E-state index contributed by atoms with van der Waals surface area (Å²) in [6.07, 6.45) is 6.77. The Morgan fingerprint density at radius 3 is 2.50 bits per heavy atom. The van der Waals surface area contributed by atoms with Crippen molar-refractivity contribution in [2.24, 2.45) is 5.92 Å². The first-order chi connectivity index (χ1) is 18.2. The van der Waals surface area contributed by atoms with Crippen LogP contribution in [0, 0.1) is 5.92 Å². The summed E-state index contributed by atoms with van der Waals surface area (Å²) in [4.78, 5) is 37.6. The number of rotatable bonds is 8. The Labute approximate surface area is 232 Å². The molecule has 204 valence electrons. The molecule has 1 aliphatic heterocycles. The highest BCUT2D eigenvalue weighted by molar-refractivity contribution is 6.42. The Morgan fingerprint density at radius 2 is 1.89 bits per heavy atom. The maximum absolute atomic E-state index is 13.5. The molecule has 0 saturated heterocycles. The van der Waals surface area contributed by atoms with E-state index in [9.17, 15) is 9.59 Å². The fraction of sp³-hybridized carbons (Fsp3) is 0.462. The molecule has 1 fully saturated rings. The van der Waals surface area contributed by atoms with Crippen LogP contribution in [0.4, 0.5) is 22.2 Å². The van der Waals surface area contributed by atoms with E-state index in [-0.39, 0.29) is 46.3 Å². The van der Waals surface area contributed by atoms with Gasteiger partial charge in [0.2, 0.25) is 11.9 Å². The van der Waals surface area contributed by atoms with Gasteiger partial charge in [-0.1, -0.05) is 43.1 Å². The van der Waals surface area contributed by atoms with Crippen LogP contribution in [0.3, 0.4) is 0 Å². The van der Waals surface area contributed by atoms with Crippen LogP contribution in [-0.2, 0) is 11.3 Å². The molecule has 3 amide bonds. The highest BCUT2D eigenvalue weighted by Crippen LogP contribution is 2.47. The number of carbonyl (C=O) groups is 2. The van der Waals surface area contributed by atoms with Crippen molar-refractivity contribution in [1.82, 2.24) is 15.3 Å². The molecule has 1 saturated carbocycles. The molecule has 4 rings (SSSR count). The molecule has 2 aromatic rings. The summed E-state index contributed by atoms with van der Waals surface area (Å²) in [6.45, 7) is 5.88. The van der Waals surface area contributed by atoms with E-state index in [0.717, 1.165) is 25.7 Å². The molecular formula is C26H32Cl2N6O4. The number of nitrogens with one attached hydrogen (secondary N) is 2. The average Bonchev–Trinajstić information content (AvgIpc) is 2.92. The zero-order valence-electron chi connectivity index (χ0n) is 21.9. The van der Waals surface area contributed by atoms with Gasteiger partial charge >= 0.3 is 6.03 Å². The van der Waals surface area contributed by atoms with Crippen LogP contribution in [0.5, 0.6) is 11.5 Å². The van der Waals surface area contributed by atoms with Crippen molar-refractivity contribution >= 4 is 52.6 Å². The van der Waals surface area contributed by atoms with Gasteiger partial charge in [-0.05, 0) is 31.3 Å². The van der Waals surface area contributed by atoms with Crippen LogP contribution in [0.1, 0.15) is 38.2 Å². The summed E-state index contributed by atoms with van der Waals surface area (Å²) in [5.74, 6) is 1.85. The zero-order valence-corrected chi connectivity index (χ0v) is 23.4. The second-order valence-corrected chi connectivity index (χ2v) is 10.1. The molecule has 1 aliphatic carbocycles. The number of urea groups is 1. The van der Waals surface area contributed by atoms with Gasteiger partial charge in [-0.15, -0.1) is 0 Å². The third kappa shape index (κ3) is 5.33. The van der Waals surface area contributed by atoms with Gasteiger partial charge in [-0.3, -0.25) is 14.6 Å². The van der Waals surface area contributed by atoms with Crippen LogP contribution in [-0.4, -0.2) is 55.3 Å². The fourth-order valence-corrected chi connectivity index (χ4v) is 5.74. The maximum Gasteiger partial charge on any atom is 0.330 e. The van der Waals surface area contributed by atoms with Crippen molar-refractivity contribution in [2.45, 2.75) is 51.2 Å². The first-order valence-corrected chi connectivity index (χ1v) is 13.2. The van der Waals surface area contributed by atoms with Gasteiger partial charge in [0.25, 0.3) is 0 Å². The van der Waals surface area contributed by atoms with E-state index in [1.54, 1.807) is 19.3 Å². The predicted octanol–water partition coefficient (Wildman–Crippen LogP) is 5.04. The molecule has 0 bridgehead atoms. The topological polar surface area (TPSA) is 109 Å². The van der Waals surface area contributed by atoms with Crippen molar-refractivity contribution in [2.75, 3.05) is 36.4 Å². The van der Waals surface area contributed by atoms with E-state index in [2.05, 4.69) is 34.1 Å². The smallest absolute Gasteiger partial charge is 0.330 e. The van der Waals surface area contributed by atoms with Crippen LogP contribution in [0.15, 0.2) is 24.9 Å². The number of carbonyl (C=O) groups excluding carboxylic acids is 2. The molecule has 1 aromatic heterocycles. The number of hydrogen-bond donors (Lipinski definition) is 2. The fourth-order valence-electron chi connectivity index (χ4n) is 5.03. The molecule has 2 N–H and O–H groups in total. The monoisotopic (exact) mass is 562 g/mol. The van der Waals surface area contributed by atoms with E-state index in [0.29, 0.717) is 34.7 Å². The Hall–Kier alpha value is -3.24. The summed E-state index contributed by atoms with van der Waals surface area (Å²) in [7, 11) is 4.58. The van der Waals surface area contributed by atoms with E-state index in [4.69, 9.17) is 32.7 Å². The highest BCUT2D eigenvalue weighted by Gasteiger charge is 2.36. The maximum atomic E-state index is 13.5. The molecule has 0 radical (unpaired) electrons. The lowest BCUT2D eigenvalue weighted by Crippen LogP contribution is -2.50. The quantitative estimate of drug-likeness (QED) is 0.434. The lowest BCUT2D eigenvalue weighted by molar-refractivity contribution is -0.117. The third-order valence-electron chi connectivity index (χ3n) is 7.19. The summed E-state index contributed by atoms with van der Waals surface area (Å²) in [6, 6.07) is 1.06. The number of halogens is 2. The largest absolute Gasteiger partial charge is 0.495 e. The minimum atomic E-state index is -0.374. The molecule has 0 spiro atoms. The number of amides is 3. The summed E-state index contributed by atoms with van der Waals surface area (Å²) >= 11 is 13.2. The second kappa shape index (κ2) is 11.7. The van der Waals surface area contributed by atoms with E-state index in [1.807, 2.05) is 0 Å². The van der Waals surface area contributed by atoms with Crippen molar-refractivity contribution < 1.29 is 19.1 Å². The Balaban J connectivity index is 1.61. The lowest BCUT2D eigenvalue weighted by atomic mass is 9.81. The number of ether oxygens (including phenoxy) is 2.